The summed E-state index contributed by atoms with van der Waals surface area (Å²) in [7, 11) is 1.64. The van der Waals surface area contributed by atoms with Gasteiger partial charge in [0.15, 0.2) is 0 Å². The van der Waals surface area contributed by atoms with Crippen molar-refractivity contribution in [3.05, 3.63) is 47.8 Å². The van der Waals surface area contributed by atoms with Gasteiger partial charge >= 0.3 is 5.97 Å². The first-order valence-electron chi connectivity index (χ1n) is 14.0. The monoisotopic (exact) mass is 582 g/mol. The van der Waals surface area contributed by atoms with Crippen molar-refractivity contribution in [2.24, 2.45) is 5.92 Å². The van der Waals surface area contributed by atoms with Crippen LogP contribution in [-0.2, 0) is 36.8 Å². The van der Waals surface area contributed by atoms with Crippen LogP contribution in [0.3, 0.4) is 0 Å². The number of nitrogens with zero attached hydrogens (tertiary/aromatic N) is 4. The summed E-state index contributed by atoms with van der Waals surface area (Å²) in [5.41, 5.74) is 1.10. The fourth-order valence-corrected chi connectivity index (χ4v) is 5.19. The van der Waals surface area contributed by atoms with E-state index in [1.165, 1.54) is 9.58 Å². The number of carboxylic acid groups (broad SMARTS) is 1. The Morgan fingerprint density at radius 3 is 2.45 bits per heavy atom. The fraction of sp³-hybridized carbons (Fsp3) is 0.536. The summed E-state index contributed by atoms with van der Waals surface area (Å²) in [5.74, 6) is -3.53. The summed E-state index contributed by atoms with van der Waals surface area (Å²) in [4.78, 5) is 67.3. The van der Waals surface area contributed by atoms with Crippen LogP contribution in [-0.4, -0.2) is 98.4 Å². The summed E-state index contributed by atoms with van der Waals surface area (Å²) in [6.45, 7) is 5.41. The molecule has 14 nitrogen and oxygen atoms in total. The number of aliphatic carboxylic acids is 1. The molecule has 0 unspecified atom stereocenters. The number of hydrogen-bond acceptors (Lipinski definition) is 8. The van der Waals surface area contributed by atoms with E-state index in [-0.39, 0.29) is 37.6 Å². The SMILES string of the molecule is CN[C@@H](C)C(=O)N[C@H](C(=O)N1C[C@@H]2C[C@H]1C(=O)N[C@@H](Cc1ccccc1)C(=O)N[C@H](C(=O)O)Cc1cn2nn1)C(C)C. The Kier molecular flexibility index (Phi) is 9.55. The molecule has 1 fully saturated rings. The van der Waals surface area contributed by atoms with Crippen LogP contribution in [0.15, 0.2) is 36.5 Å². The number of benzene rings is 1. The Labute approximate surface area is 243 Å². The molecule has 6 atom stereocenters. The Morgan fingerprint density at radius 1 is 1.10 bits per heavy atom. The number of carbonyl (C=O) groups is 5. The number of carbonyl (C=O) groups excluding carboxylic acids is 4. The van der Waals surface area contributed by atoms with Gasteiger partial charge in [-0.3, -0.25) is 19.2 Å². The van der Waals surface area contributed by atoms with Crippen molar-refractivity contribution < 1.29 is 29.1 Å². The lowest BCUT2D eigenvalue weighted by molar-refractivity contribution is -0.144. The molecule has 1 aromatic carbocycles. The highest BCUT2D eigenvalue weighted by molar-refractivity contribution is 5.96. The number of aromatic nitrogens is 3. The van der Waals surface area contributed by atoms with Gasteiger partial charge in [-0.1, -0.05) is 49.4 Å². The molecule has 0 saturated carbocycles. The molecule has 5 N–H and O–H groups in total. The molecule has 2 aliphatic rings. The van der Waals surface area contributed by atoms with Crippen LogP contribution in [0.2, 0.25) is 0 Å². The summed E-state index contributed by atoms with van der Waals surface area (Å²) in [5, 5.41) is 29.0. The van der Waals surface area contributed by atoms with Crippen molar-refractivity contribution in [2.75, 3.05) is 13.6 Å². The number of nitrogens with one attached hydrogen (secondary N) is 4. The molecule has 1 saturated heterocycles. The highest BCUT2D eigenvalue weighted by Crippen LogP contribution is 2.29. The molecular formula is C28H38N8O6. The molecule has 0 spiro atoms. The Bertz CT molecular complexity index is 1310. The van der Waals surface area contributed by atoms with Gasteiger partial charge in [0.05, 0.1) is 17.8 Å². The van der Waals surface area contributed by atoms with Gasteiger partial charge in [0.2, 0.25) is 23.6 Å². The number of amides is 4. The highest BCUT2D eigenvalue weighted by atomic mass is 16.4. The normalized spacial score (nSPS) is 24.0. The van der Waals surface area contributed by atoms with E-state index in [0.29, 0.717) is 5.69 Å². The number of likely N-dealkylation sites (N-methyl/N-ethyl adjacent to an activating group) is 1. The summed E-state index contributed by atoms with van der Waals surface area (Å²) in [6.07, 6.45) is 1.76. The number of rotatable bonds is 8. The number of likely N-dealkylation sites (tertiary alicyclic amines) is 1. The average Bonchev–Trinajstić information content (AvgIpc) is 3.62. The lowest BCUT2D eigenvalue weighted by Gasteiger charge is -2.32. The molecular weight excluding hydrogens is 544 g/mol. The van der Waals surface area contributed by atoms with Crippen molar-refractivity contribution in [3.63, 3.8) is 0 Å². The van der Waals surface area contributed by atoms with Gasteiger partial charge < -0.3 is 31.3 Å². The minimum atomic E-state index is -1.29. The van der Waals surface area contributed by atoms with Crippen molar-refractivity contribution in [2.45, 2.75) is 76.3 Å². The summed E-state index contributed by atoms with van der Waals surface area (Å²) < 4.78 is 1.52. The van der Waals surface area contributed by atoms with Gasteiger partial charge in [0.1, 0.15) is 24.2 Å². The van der Waals surface area contributed by atoms with Gasteiger partial charge in [-0.2, -0.15) is 0 Å². The maximum atomic E-state index is 13.9. The molecule has 3 heterocycles. The van der Waals surface area contributed by atoms with Crippen molar-refractivity contribution in [3.8, 4) is 0 Å². The molecule has 0 radical (unpaired) electrons. The van der Waals surface area contributed by atoms with E-state index in [2.05, 4.69) is 31.6 Å². The molecule has 4 amide bonds. The topological polar surface area (TPSA) is 188 Å². The van der Waals surface area contributed by atoms with E-state index < -0.39 is 59.9 Å². The number of hydrogen-bond donors (Lipinski definition) is 5. The minimum Gasteiger partial charge on any atom is -0.480 e. The lowest BCUT2D eigenvalue weighted by Crippen LogP contribution is -2.59. The van der Waals surface area contributed by atoms with Crippen LogP contribution in [0.25, 0.3) is 0 Å². The maximum Gasteiger partial charge on any atom is 0.326 e. The van der Waals surface area contributed by atoms with Gasteiger partial charge in [-0.25, -0.2) is 9.48 Å². The fourth-order valence-electron chi connectivity index (χ4n) is 5.19. The molecule has 226 valence electrons. The highest BCUT2D eigenvalue weighted by Gasteiger charge is 2.45. The third kappa shape index (κ3) is 6.93. The van der Waals surface area contributed by atoms with Crippen LogP contribution in [0.1, 0.15) is 44.5 Å². The lowest BCUT2D eigenvalue weighted by atomic mass is 10.0. The Balaban J connectivity index is 1.69. The minimum absolute atomic E-state index is 0.107. The molecule has 4 bridgehead atoms. The van der Waals surface area contributed by atoms with Crippen molar-refractivity contribution in [1.29, 1.82) is 0 Å². The maximum absolute atomic E-state index is 13.9. The molecule has 1 aromatic heterocycles. The first-order chi connectivity index (χ1) is 20.0. The predicted octanol–water partition coefficient (Wildman–Crippen LogP) is -0.978. The zero-order valence-electron chi connectivity index (χ0n) is 24.1. The van der Waals surface area contributed by atoms with E-state index in [0.717, 1.165) is 5.56 Å². The number of carboxylic acids is 1. The summed E-state index contributed by atoms with van der Waals surface area (Å²) >= 11 is 0. The second kappa shape index (κ2) is 13.1. The molecule has 42 heavy (non-hydrogen) atoms. The Morgan fingerprint density at radius 2 is 1.81 bits per heavy atom. The molecule has 0 aliphatic carbocycles. The average molecular weight is 583 g/mol. The van der Waals surface area contributed by atoms with Crippen LogP contribution >= 0.6 is 0 Å². The zero-order valence-corrected chi connectivity index (χ0v) is 24.1. The van der Waals surface area contributed by atoms with Gasteiger partial charge in [0.25, 0.3) is 0 Å². The van der Waals surface area contributed by atoms with Gasteiger partial charge in [-0.15, -0.1) is 5.10 Å². The quantitative estimate of drug-likeness (QED) is 0.261. The van der Waals surface area contributed by atoms with E-state index in [1.54, 1.807) is 44.4 Å². The van der Waals surface area contributed by atoms with Crippen LogP contribution in [0.5, 0.6) is 0 Å². The molecule has 2 aromatic rings. The molecule has 4 rings (SSSR count). The molecule has 2 aliphatic heterocycles. The van der Waals surface area contributed by atoms with E-state index in [1.807, 2.05) is 19.9 Å². The van der Waals surface area contributed by atoms with Crippen molar-refractivity contribution in [1.82, 2.24) is 41.2 Å². The van der Waals surface area contributed by atoms with Crippen LogP contribution in [0.4, 0.5) is 0 Å². The second-order valence-electron chi connectivity index (χ2n) is 11.2. The van der Waals surface area contributed by atoms with Crippen LogP contribution in [0, 0.1) is 5.92 Å². The third-order valence-corrected chi connectivity index (χ3v) is 7.80. The Hall–Kier alpha value is -4.33. The van der Waals surface area contributed by atoms with E-state index in [4.69, 9.17) is 0 Å². The second-order valence-corrected chi connectivity index (χ2v) is 11.2. The molecule has 14 heteroatoms. The smallest absolute Gasteiger partial charge is 0.326 e. The van der Waals surface area contributed by atoms with E-state index in [9.17, 15) is 29.1 Å². The zero-order chi connectivity index (χ0) is 30.6. The van der Waals surface area contributed by atoms with E-state index >= 15 is 0 Å². The van der Waals surface area contributed by atoms with Gasteiger partial charge in [-0.05, 0) is 25.5 Å². The third-order valence-electron chi connectivity index (χ3n) is 7.80. The first kappa shape index (κ1) is 30.6. The standard InChI is InChI=1S/C28H38N8O6/c1-15(2)23(32-24(37)16(3)29-4)27(40)35-14-19-12-22(35)26(39)30-20(10-17-8-6-5-7-9-17)25(38)31-21(28(41)42)11-18-13-36(19)34-33-18/h5-9,13,15-16,19-23,29H,10-12,14H2,1-4H3,(H,30,39)(H,31,38)(H,32,37)(H,41,42)/t16-,19-,20-,21-,22-,23-/m0/s1. The van der Waals surface area contributed by atoms with Crippen LogP contribution < -0.4 is 21.3 Å². The largest absolute Gasteiger partial charge is 0.480 e. The van der Waals surface area contributed by atoms with Gasteiger partial charge in [0, 0.05) is 32.0 Å². The number of fused-ring (bicyclic) bond motifs is 5. The predicted molar refractivity (Wildman–Crippen MR) is 150 cm³/mol. The van der Waals surface area contributed by atoms with Crippen molar-refractivity contribution >= 4 is 29.6 Å². The first-order valence-corrected chi connectivity index (χ1v) is 14.0. The summed E-state index contributed by atoms with van der Waals surface area (Å²) in [6, 6.07) is 3.79.